The molecule has 2 heteroatoms. The maximum absolute atomic E-state index is 12.6. The van der Waals surface area contributed by atoms with Crippen molar-refractivity contribution < 1.29 is 4.79 Å². The molecule has 1 fully saturated rings. The minimum atomic E-state index is 0.190. The van der Waals surface area contributed by atoms with Crippen LogP contribution in [0, 0.1) is 17.8 Å². The summed E-state index contributed by atoms with van der Waals surface area (Å²) in [6.07, 6.45) is 4.17. The van der Waals surface area contributed by atoms with E-state index in [1.807, 2.05) is 30.3 Å². The molecule has 0 bridgehead atoms. The van der Waals surface area contributed by atoms with Gasteiger partial charge in [0, 0.05) is 10.9 Å². The molecule has 0 amide bonds. The van der Waals surface area contributed by atoms with Gasteiger partial charge >= 0.3 is 0 Å². The predicted octanol–water partition coefficient (Wildman–Crippen LogP) is 4.99. The summed E-state index contributed by atoms with van der Waals surface area (Å²) in [6.45, 7) is 6.42. The molecule has 1 aliphatic carbocycles. The number of allylic oxidation sites excluding steroid dienone is 1. The summed E-state index contributed by atoms with van der Waals surface area (Å²) < 4.78 is 0. The fraction of sp³-hybridized carbons (Fsp3) is 0.471. The first-order valence-corrected chi connectivity index (χ1v) is 7.38. The summed E-state index contributed by atoms with van der Waals surface area (Å²) in [5.41, 5.74) is 2.04. The van der Waals surface area contributed by atoms with E-state index >= 15 is 0 Å². The Kier molecular flexibility index (Phi) is 4.46. The molecule has 102 valence electrons. The normalized spacial score (nSPS) is 26.2. The van der Waals surface area contributed by atoms with Crippen LogP contribution in [-0.4, -0.2) is 5.78 Å². The molecule has 2 unspecified atom stereocenters. The molecule has 2 rings (SSSR count). The van der Waals surface area contributed by atoms with Gasteiger partial charge in [0.1, 0.15) is 0 Å². The van der Waals surface area contributed by atoms with E-state index in [9.17, 15) is 4.79 Å². The third-order valence-electron chi connectivity index (χ3n) is 4.06. The minimum Gasteiger partial charge on any atom is -0.294 e. The van der Waals surface area contributed by atoms with E-state index in [0.717, 1.165) is 29.0 Å². The van der Waals surface area contributed by atoms with Crippen molar-refractivity contribution in [2.45, 2.75) is 33.6 Å². The third-order valence-corrected chi connectivity index (χ3v) is 4.31. The van der Waals surface area contributed by atoms with Crippen molar-refractivity contribution in [3.8, 4) is 0 Å². The molecule has 0 radical (unpaired) electrons. The van der Waals surface area contributed by atoms with Crippen molar-refractivity contribution in [1.82, 2.24) is 0 Å². The summed E-state index contributed by atoms with van der Waals surface area (Å²) in [7, 11) is 0. The zero-order valence-corrected chi connectivity index (χ0v) is 12.6. The number of ketones is 1. The predicted molar refractivity (Wildman–Crippen MR) is 81.2 cm³/mol. The maximum Gasteiger partial charge on any atom is 0.162 e. The Morgan fingerprint density at radius 1 is 1.21 bits per heavy atom. The smallest absolute Gasteiger partial charge is 0.162 e. The topological polar surface area (TPSA) is 17.1 Å². The number of halogens is 1. The average molecular weight is 277 g/mol. The van der Waals surface area contributed by atoms with Crippen LogP contribution < -0.4 is 0 Å². The van der Waals surface area contributed by atoms with Gasteiger partial charge in [-0.05, 0) is 54.0 Å². The molecule has 2 atom stereocenters. The molecule has 19 heavy (non-hydrogen) atoms. The van der Waals surface area contributed by atoms with E-state index in [-0.39, 0.29) is 5.92 Å². The van der Waals surface area contributed by atoms with Gasteiger partial charge in [0.25, 0.3) is 0 Å². The first-order valence-electron chi connectivity index (χ1n) is 7.00. The zero-order valence-electron chi connectivity index (χ0n) is 11.8. The zero-order chi connectivity index (χ0) is 14.0. The minimum absolute atomic E-state index is 0.190. The lowest BCUT2D eigenvalue weighted by Gasteiger charge is -2.30. The molecular formula is C17H21ClO. The van der Waals surface area contributed by atoms with Gasteiger partial charge in [-0.25, -0.2) is 0 Å². The molecule has 1 aliphatic rings. The van der Waals surface area contributed by atoms with Crippen molar-refractivity contribution in [1.29, 1.82) is 0 Å². The van der Waals surface area contributed by atoms with Gasteiger partial charge in [-0.2, -0.15) is 0 Å². The molecule has 1 aromatic carbocycles. The summed E-state index contributed by atoms with van der Waals surface area (Å²) in [5, 5.41) is 0.727. The molecule has 0 heterocycles. The number of hydrogen-bond donors (Lipinski definition) is 0. The van der Waals surface area contributed by atoms with Gasteiger partial charge in [0.2, 0.25) is 0 Å². The standard InChI is InChI=1S/C17H21ClO/c1-11(2)15-9-4-12(3)16(17(15)19)10-13-5-7-14(18)8-6-13/h5-8,10-12,15H,4,9H2,1-3H3. The molecule has 0 spiro atoms. The lowest BCUT2D eigenvalue weighted by molar-refractivity contribution is -0.122. The molecule has 0 N–H and O–H groups in total. The van der Waals surface area contributed by atoms with Crippen molar-refractivity contribution in [3.63, 3.8) is 0 Å². The van der Waals surface area contributed by atoms with E-state index in [0.29, 0.717) is 17.6 Å². The van der Waals surface area contributed by atoms with Crippen LogP contribution >= 0.6 is 11.6 Å². The Balaban J connectivity index is 2.29. The van der Waals surface area contributed by atoms with Crippen LogP contribution in [0.5, 0.6) is 0 Å². The average Bonchev–Trinajstić information content (AvgIpc) is 2.36. The van der Waals surface area contributed by atoms with E-state index < -0.39 is 0 Å². The van der Waals surface area contributed by atoms with Gasteiger partial charge < -0.3 is 0 Å². The third kappa shape index (κ3) is 3.27. The Labute approximate surface area is 120 Å². The fourth-order valence-electron chi connectivity index (χ4n) is 2.76. The quantitative estimate of drug-likeness (QED) is 0.695. The second-order valence-corrected chi connectivity index (χ2v) is 6.28. The van der Waals surface area contributed by atoms with Crippen LogP contribution in [0.2, 0.25) is 5.02 Å². The van der Waals surface area contributed by atoms with Crippen LogP contribution in [0.1, 0.15) is 39.2 Å². The first-order chi connectivity index (χ1) is 8.99. The lowest BCUT2D eigenvalue weighted by atomic mass is 9.73. The Morgan fingerprint density at radius 2 is 1.84 bits per heavy atom. The van der Waals surface area contributed by atoms with Gasteiger partial charge in [0.05, 0.1) is 0 Å². The molecule has 1 saturated carbocycles. The van der Waals surface area contributed by atoms with Crippen molar-refractivity contribution in [3.05, 3.63) is 40.4 Å². The van der Waals surface area contributed by atoms with Gasteiger partial charge in [0.15, 0.2) is 5.78 Å². The van der Waals surface area contributed by atoms with Crippen LogP contribution in [0.4, 0.5) is 0 Å². The second-order valence-electron chi connectivity index (χ2n) is 5.84. The highest BCUT2D eigenvalue weighted by molar-refractivity contribution is 6.30. The lowest BCUT2D eigenvalue weighted by Crippen LogP contribution is -2.30. The number of carbonyl (C=O) groups is 1. The van der Waals surface area contributed by atoms with Crippen molar-refractivity contribution >= 4 is 23.5 Å². The Bertz CT molecular complexity index is 484. The number of benzene rings is 1. The molecule has 0 aromatic heterocycles. The molecule has 0 aliphatic heterocycles. The van der Waals surface area contributed by atoms with Crippen LogP contribution in [0.3, 0.4) is 0 Å². The fourth-order valence-corrected chi connectivity index (χ4v) is 2.89. The Hall–Kier alpha value is -1.08. The van der Waals surface area contributed by atoms with E-state index in [1.165, 1.54) is 0 Å². The van der Waals surface area contributed by atoms with Crippen LogP contribution in [-0.2, 0) is 4.79 Å². The van der Waals surface area contributed by atoms with Crippen LogP contribution in [0.25, 0.3) is 6.08 Å². The van der Waals surface area contributed by atoms with Crippen molar-refractivity contribution in [2.24, 2.45) is 17.8 Å². The van der Waals surface area contributed by atoms with E-state index in [4.69, 9.17) is 11.6 Å². The molecule has 1 nitrogen and oxygen atoms in total. The van der Waals surface area contributed by atoms with E-state index in [2.05, 4.69) is 20.8 Å². The highest BCUT2D eigenvalue weighted by Crippen LogP contribution is 2.35. The highest BCUT2D eigenvalue weighted by atomic mass is 35.5. The maximum atomic E-state index is 12.6. The number of Topliss-reactive ketones (excluding diaryl/α,β-unsaturated/α-hetero) is 1. The first kappa shape index (κ1) is 14.3. The molecule has 1 aromatic rings. The highest BCUT2D eigenvalue weighted by Gasteiger charge is 2.32. The van der Waals surface area contributed by atoms with Crippen molar-refractivity contribution in [2.75, 3.05) is 0 Å². The summed E-state index contributed by atoms with van der Waals surface area (Å²) >= 11 is 5.89. The number of carbonyl (C=O) groups excluding carboxylic acids is 1. The summed E-state index contributed by atoms with van der Waals surface area (Å²) in [5.74, 6) is 1.31. The van der Waals surface area contributed by atoms with Crippen LogP contribution in [0.15, 0.2) is 29.8 Å². The molecular weight excluding hydrogens is 256 g/mol. The summed E-state index contributed by atoms with van der Waals surface area (Å²) in [4.78, 5) is 12.6. The molecule has 0 saturated heterocycles. The van der Waals surface area contributed by atoms with Gasteiger partial charge in [-0.15, -0.1) is 0 Å². The summed E-state index contributed by atoms with van der Waals surface area (Å²) in [6, 6.07) is 7.67. The Morgan fingerprint density at radius 3 is 2.42 bits per heavy atom. The number of rotatable bonds is 2. The second kappa shape index (κ2) is 5.92. The monoisotopic (exact) mass is 276 g/mol. The largest absolute Gasteiger partial charge is 0.294 e. The van der Waals surface area contributed by atoms with E-state index in [1.54, 1.807) is 0 Å². The SMILES string of the molecule is CC1CCC(C(C)C)C(=O)C1=Cc1ccc(Cl)cc1. The number of hydrogen-bond acceptors (Lipinski definition) is 1. The van der Waals surface area contributed by atoms with Gasteiger partial charge in [-0.3, -0.25) is 4.79 Å². The van der Waals surface area contributed by atoms with Gasteiger partial charge in [-0.1, -0.05) is 44.5 Å².